The molecule has 0 aliphatic carbocycles. The van der Waals surface area contributed by atoms with E-state index < -0.39 is 17.7 Å². The Balaban J connectivity index is 2.25. The van der Waals surface area contributed by atoms with Crippen LogP contribution in [0.3, 0.4) is 0 Å². The van der Waals surface area contributed by atoms with Crippen molar-refractivity contribution < 1.29 is 28.6 Å². The van der Waals surface area contributed by atoms with Crippen LogP contribution in [0.1, 0.15) is 49.4 Å². The van der Waals surface area contributed by atoms with E-state index in [4.69, 9.17) is 14.2 Å². The van der Waals surface area contributed by atoms with Gasteiger partial charge in [-0.1, -0.05) is 12.1 Å². The molecule has 1 aromatic carbocycles. The molecule has 0 radical (unpaired) electrons. The second kappa shape index (κ2) is 8.33. The van der Waals surface area contributed by atoms with E-state index in [9.17, 15) is 14.4 Å². The van der Waals surface area contributed by atoms with Crippen molar-refractivity contribution in [2.24, 2.45) is 0 Å². The van der Waals surface area contributed by atoms with Gasteiger partial charge in [0.15, 0.2) is 6.61 Å². The summed E-state index contributed by atoms with van der Waals surface area (Å²) in [5, 5.41) is 0. The number of aromatic amines is 1. The smallest absolute Gasteiger partial charge is 0.341 e. The van der Waals surface area contributed by atoms with E-state index in [1.807, 2.05) is 0 Å². The summed E-state index contributed by atoms with van der Waals surface area (Å²) in [5.74, 6) is -1.29. The zero-order chi connectivity index (χ0) is 19.3. The average molecular weight is 359 g/mol. The van der Waals surface area contributed by atoms with Crippen molar-refractivity contribution in [3.63, 3.8) is 0 Å². The molecule has 1 aromatic heterocycles. The predicted octanol–water partition coefficient (Wildman–Crippen LogP) is 2.86. The molecule has 0 fully saturated rings. The lowest BCUT2D eigenvalue weighted by atomic mass is 10.1. The van der Waals surface area contributed by atoms with Gasteiger partial charge in [-0.2, -0.15) is 0 Å². The third-order valence-corrected chi connectivity index (χ3v) is 3.78. The molecule has 0 saturated carbocycles. The van der Waals surface area contributed by atoms with Crippen LogP contribution in [-0.2, 0) is 9.47 Å². The number of hydrogen-bond donors (Lipinski definition) is 1. The molecule has 0 amide bonds. The predicted molar refractivity (Wildman–Crippen MR) is 93.8 cm³/mol. The molecule has 26 heavy (non-hydrogen) atoms. The molecule has 0 bridgehead atoms. The number of ether oxygens (including phenoxy) is 3. The zero-order valence-corrected chi connectivity index (χ0v) is 15.2. The van der Waals surface area contributed by atoms with Crippen LogP contribution in [0.2, 0.25) is 0 Å². The Morgan fingerprint density at radius 3 is 2.31 bits per heavy atom. The first-order chi connectivity index (χ1) is 12.4. The minimum absolute atomic E-state index is 0.207. The number of carbonyl (C=O) groups is 3. The van der Waals surface area contributed by atoms with Crippen LogP contribution < -0.4 is 4.74 Å². The Hall–Kier alpha value is -3.09. The summed E-state index contributed by atoms with van der Waals surface area (Å²) in [4.78, 5) is 39.6. The molecule has 7 heteroatoms. The average Bonchev–Trinajstić information content (AvgIpc) is 2.93. The molecular weight excluding hydrogens is 338 g/mol. The van der Waals surface area contributed by atoms with Crippen LogP contribution in [0, 0.1) is 13.8 Å². The second-order valence-electron chi connectivity index (χ2n) is 5.55. The number of nitrogens with one attached hydrogen (secondary N) is 1. The first-order valence-corrected chi connectivity index (χ1v) is 8.10. The maximum atomic E-state index is 12.7. The number of aromatic nitrogens is 1. The maximum Gasteiger partial charge on any atom is 0.341 e. The monoisotopic (exact) mass is 359 g/mol. The van der Waals surface area contributed by atoms with Gasteiger partial charge < -0.3 is 19.2 Å². The molecule has 2 aromatic rings. The standard InChI is InChI=1S/C19H21NO6/c1-5-25-19(23)17-12(3)20-11(2)16(17)14(21)10-26-15-9-7-6-8-13(15)18(22)24-4/h6-9,20H,5,10H2,1-4H3. The number of benzene rings is 1. The Labute approximate surface area is 151 Å². The van der Waals surface area contributed by atoms with Gasteiger partial charge in [-0.15, -0.1) is 0 Å². The summed E-state index contributed by atoms with van der Waals surface area (Å²) in [5.41, 5.74) is 1.77. The van der Waals surface area contributed by atoms with E-state index in [0.29, 0.717) is 11.4 Å². The third kappa shape index (κ3) is 3.93. The van der Waals surface area contributed by atoms with Gasteiger partial charge in [0.2, 0.25) is 5.78 Å². The topological polar surface area (TPSA) is 94.7 Å². The van der Waals surface area contributed by atoms with Crippen molar-refractivity contribution in [2.75, 3.05) is 20.3 Å². The van der Waals surface area contributed by atoms with Crippen molar-refractivity contribution in [1.82, 2.24) is 4.98 Å². The van der Waals surface area contributed by atoms with E-state index in [0.717, 1.165) is 0 Å². The van der Waals surface area contributed by atoms with Gasteiger partial charge in [0.05, 0.1) is 24.8 Å². The number of esters is 2. The molecule has 138 valence electrons. The molecule has 2 rings (SSSR count). The van der Waals surface area contributed by atoms with Gasteiger partial charge in [-0.25, -0.2) is 9.59 Å². The van der Waals surface area contributed by atoms with E-state index in [1.165, 1.54) is 7.11 Å². The first kappa shape index (κ1) is 19.2. The van der Waals surface area contributed by atoms with Gasteiger partial charge >= 0.3 is 11.9 Å². The van der Waals surface area contributed by atoms with Crippen molar-refractivity contribution >= 4 is 17.7 Å². The molecule has 0 atom stereocenters. The van der Waals surface area contributed by atoms with Crippen molar-refractivity contribution in [2.45, 2.75) is 20.8 Å². The summed E-state index contributed by atoms with van der Waals surface area (Å²) >= 11 is 0. The molecule has 0 unspecified atom stereocenters. The van der Waals surface area contributed by atoms with Crippen LogP contribution in [0.5, 0.6) is 5.75 Å². The minimum atomic E-state index is -0.562. The Bertz CT molecular complexity index is 837. The lowest BCUT2D eigenvalue weighted by Gasteiger charge is -2.10. The number of para-hydroxylation sites is 1. The summed E-state index contributed by atoms with van der Waals surface area (Å²) in [6.07, 6.45) is 0. The molecule has 0 saturated heterocycles. The summed E-state index contributed by atoms with van der Waals surface area (Å²) in [7, 11) is 1.27. The highest BCUT2D eigenvalue weighted by Gasteiger charge is 2.26. The number of aryl methyl sites for hydroxylation is 2. The molecule has 7 nitrogen and oxygen atoms in total. The summed E-state index contributed by atoms with van der Waals surface area (Å²) in [6.45, 7) is 4.97. The van der Waals surface area contributed by atoms with E-state index >= 15 is 0 Å². The lowest BCUT2D eigenvalue weighted by molar-refractivity contribution is 0.0521. The van der Waals surface area contributed by atoms with Gasteiger partial charge in [0.25, 0.3) is 0 Å². The minimum Gasteiger partial charge on any atom is -0.485 e. The maximum absolute atomic E-state index is 12.7. The Kier molecular flexibility index (Phi) is 6.16. The number of ketones is 1. The van der Waals surface area contributed by atoms with Gasteiger partial charge in [0.1, 0.15) is 11.3 Å². The lowest BCUT2D eigenvalue weighted by Crippen LogP contribution is -2.18. The quantitative estimate of drug-likeness (QED) is 0.603. The number of Topliss-reactive ketones (excluding diaryl/α,β-unsaturated/α-hetero) is 1. The highest BCUT2D eigenvalue weighted by Crippen LogP contribution is 2.22. The summed E-state index contributed by atoms with van der Waals surface area (Å²) in [6, 6.07) is 6.46. The fourth-order valence-corrected chi connectivity index (χ4v) is 2.67. The molecule has 1 N–H and O–H groups in total. The van der Waals surface area contributed by atoms with Crippen molar-refractivity contribution in [1.29, 1.82) is 0 Å². The normalized spacial score (nSPS) is 10.3. The largest absolute Gasteiger partial charge is 0.485 e. The van der Waals surface area contributed by atoms with Crippen LogP contribution in [0.25, 0.3) is 0 Å². The fourth-order valence-electron chi connectivity index (χ4n) is 2.67. The van der Waals surface area contributed by atoms with Gasteiger partial charge in [-0.05, 0) is 32.9 Å². The highest BCUT2D eigenvalue weighted by molar-refractivity contribution is 6.08. The van der Waals surface area contributed by atoms with Crippen LogP contribution in [-0.4, -0.2) is 43.0 Å². The second-order valence-corrected chi connectivity index (χ2v) is 5.55. The number of rotatable bonds is 7. The van der Waals surface area contributed by atoms with Crippen LogP contribution in [0.4, 0.5) is 0 Å². The first-order valence-electron chi connectivity index (χ1n) is 8.10. The Morgan fingerprint density at radius 2 is 1.65 bits per heavy atom. The highest BCUT2D eigenvalue weighted by atomic mass is 16.5. The summed E-state index contributed by atoms with van der Waals surface area (Å²) < 4.78 is 15.2. The number of carbonyl (C=O) groups excluding carboxylic acids is 3. The van der Waals surface area contributed by atoms with Crippen molar-refractivity contribution in [3.8, 4) is 5.75 Å². The number of methoxy groups -OCH3 is 1. The van der Waals surface area contributed by atoms with E-state index in [1.54, 1.807) is 45.0 Å². The number of H-pyrrole nitrogens is 1. The third-order valence-electron chi connectivity index (χ3n) is 3.78. The molecule has 1 heterocycles. The van der Waals surface area contributed by atoms with Gasteiger partial charge in [-0.3, -0.25) is 4.79 Å². The van der Waals surface area contributed by atoms with E-state index in [2.05, 4.69) is 4.98 Å². The van der Waals surface area contributed by atoms with Crippen molar-refractivity contribution in [3.05, 3.63) is 52.3 Å². The van der Waals surface area contributed by atoms with E-state index in [-0.39, 0.29) is 35.7 Å². The molecular formula is C19H21NO6. The molecule has 0 spiro atoms. The SMILES string of the molecule is CCOC(=O)c1c(C)[nH]c(C)c1C(=O)COc1ccccc1C(=O)OC. The van der Waals surface area contributed by atoms with Gasteiger partial charge in [0, 0.05) is 11.4 Å². The fraction of sp³-hybridized carbons (Fsp3) is 0.316. The Morgan fingerprint density at radius 1 is 1.00 bits per heavy atom. The zero-order valence-electron chi connectivity index (χ0n) is 15.2. The number of hydrogen-bond acceptors (Lipinski definition) is 6. The molecule has 0 aliphatic rings. The molecule has 0 aliphatic heterocycles. The van der Waals surface area contributed by atoms with Crippen LogP contribution in [0.15, 0.2) is 24.3 Å². The van der Waals surface area contributed by atoms with Crippen LogP contribution >= 0.6 is 0 Å².